The van der Waals surface area contributed by atoms with E-state index in [0.717, 1.165) is 25.9 Å². The van der Waals surface area contributed by atoms with Gasteiger partial charge in [-0.05, 0) is 43.1 Å². The highest BCUT2D eigenvalue weighted by Crippen LogP contribution is 2.38. The summed E-state index contributed by atoms with van der Waals surface area (Å²) >= 11 is 5.37. The lowest BCUT2D eigenvalue weighted by Crippen LogP contribution is -2.46. The maximum Gasteiger partial charge on any atom is 0.257 e. The number of piperidine rings is 1. The van der Waals surface area contributed by atoms with Crippen molar-refractivity contribution in [2.45, 2.75) is 19.8 Å². The van der Waals surface area contributed by atoms with Gasteiger partial charge in [0, 0.05) is 18.7 Å². The Balaban J connectivity index is 2.13. The summed E-state index contributed by atoms with van der Waals surface area (Å²) in [4.78, 5) is 14.6. The third kappa shape index (κ3) is 4.08. The molecule has 24 heavy (non-hydrogen) atoms. The zero-order chi connectivity index (χ0) is 17.7. The highest BCUT2D eigenvalue weighted by atomic mass is 32.1. The van der Waals surface area contributed by atoms with Crippen LogP contribution in [0.3, 0.4) is 0 Å². The maximum atomic E-state index is 12.5. The van der Waals surface area contributed by atoms with E-state index in [-0.39, 0.29) is 5.91 Å². The van der Waals surface area contributed by atoms with Gasteiger partial charge in [0.1, 0.15) is 0 Å². The van der Waals surface area contributed by atoms with Crippen molar-refractivity contribution in [2.24, 2.45) is 5.92 Å². The van der Waals surface area contributed by atoms with Crippen molar-refractivity contribution in [1.29, 1.82) is 0 Å². The van der Waals surface area contributed by atoms with Gasteiger partial charge in [-0.15, -0.1) is 0 Å². The molecule has 0 bridgehead atoms. The lowest BCUT2D eigenvalue weighted by Gasteiger charge is -2.32. The predicted molar refractivity (Wildman–Crippen MR) is 96.1 cm³/mol. The maximum absolute atomic E-state index is 12.5. The van der Waals surface area contributed by atoms with Gasteiger partial charge in [0.15, 0.2) is 16.6 Å². The number of nitrogens with one attached hydrogen (secondary N) is 1. The molecule has 0 spiro atoms. The molecule has 1 amide bonds. The molecule has 0 aliphatic carbocycles. The van der Waals surface area contributed by atoms with Gasteiger partial charge in [0.2, 0.25) is 5.75 Å². The van der Waals surface area contributed by atoms with Crippen molar-refractivity contribution in [3.63, 3.8) is 0 Å². The minimum atomic E-state index is -0.294. The number of nitrogens with zero attached hydrogens (tertiary/aromatic N) is 1. The van der Waals surface area contributed by atoms with E-state index >= 15 is 0 Å². The summed E-state index contributed by atoms with van der Waals surface area (Å²) in [5, 5.41) is 3.25. The standard InChI is InChI=1S/C17H24N2O4S/c1-11-5-7-19(8-6-11)17(24)18-16(20)12-9-13(21-2)15(23-4)14(10-12)22-3/h9-11H,5-8H2,1-4H3,(H,18,20,24). The number of thiocarbonyl (C=S) groups is 1. The molecular weight excluding hydrogens is 328 g/mol. The number of hydrogen-bond donors (Lipinski definition) is 1. The van der Waals surface area contributed by atoms with Crippen LogP contribution in [0.4, 0.5) is 0 Å². The number of carbonyl (C=O) groups excluding carboxylic acids is 1. The van der Waals surface area contributed by atoms with Crippen molar-refractivity contribution < 1.29 is 19.0 Å². The number of carbonyl (C=O) groups is 1. The van der Waals surface area contributed by atoms with Crippen LogP contribution in [0.1, 0.15) is 30.1 Å². The average Bonchev–Trinajstić information content (AvgIpc) is 2.60. The Morgan fingerprint density at radius 3 is 2.12 bits per heavy atom. The minimum absolute atomic E-state index is 0.294. The fraction of sp³-hybridized carbons (Fsp3) is 0.529. The van der Waals surface area contributed by atoms with E-state index in [1.54, 1.807) is 12.1 Å². The van der Waals surface area contributed by atoms with Crippen molar-refractivity contribution in [3.8, 4) is 17.2 Å². The van der Waals surface area contributed by atoms with Gasteiger partial charge in [-0.2, -0.15) is 0 Å². The van der Waals surface area contributed by atoms with Crippen LogP contribution in [0.2, 0.25) is 0 Å². The van der Waals surface area contributed by atoms with Crippen molar-refractivity contribution in [1.82, 2.24) is 10.2 Å². The molecule has 0 aromatic heterocycles. The summed E-state index contributed by atoms with van der Waals surface area (Å²) in [5.41, 5.74) is 0.400. The van der Waals surface area contributed by atoms with E-state index in [1.807, 2.05) is 4.90 Å². The first-order valence-electron chi connectivity index (χ1n) is 7.90. The minimum Gasteiger partial charge on any atom is -0.493 e. The predicted octanol–water partition coefficient (Wildman–Crippen LogP) is 2.46. The number of hydrogen-bond acceptors (Lipinski definition) is 5. The fourth-order valence-corrected chi connectivity index (χ4v) is 2.95. The molecule has 1 fully saturated rings. The van der Waals surface area contributed by atoms with Crippen LogP contribution < -0.4 is 19.5 Å². The van der Waals surface area contributed by atoms with Crippen LogP contribution >= 0.6 is 12.2 Å². The Kier molecular flexibility index (Phi) is 6.25. The Morgan fingerprint density at radius 2 is 1.67 bits per heavy atom. The third-order valence-corrected chi connectivity index (χ3v) is 4.58. The Labute approximate surface area is 148 Å². The normalized spacial score (nSPS) is 14.9. The van der Waals surface area contributed by atoms with E-state index in [1.165, 1.54) is 21.3 Å². The largest absolute Gasteiger partial charge is 0.493 e. The van der Waals surface area contributed by atoms with Crippen LogP contribution in [-0.4, -0.2) is 50.3 Å². The van der Waals surface area contributed by atoms with Crippen LogP contribution in [0, 0.1) is 5.92 Å². The summed E-state index contributed by atoms with van der Waals surface area (Å²) in [5.74, 6) is 1.72. The summed E-state index contributed by atoms with van der Waals surface area (Å²) in [6.45, 7) is 3.97. The highest BCUT2D eigenvalue weighted by molar-refractivity contribution is 7.80. The summed E-state index contributed by atoms with van der Waals surface area (Å²) < 4.78 is 15.8. The van der Waals surface area contributed by atoms with Crippen LogP contribution in [0.15, 0.2) is 12.1 Å². The molecule has 6 nitrogen and oxygen atoms in total. The number of rotatable bonds is 4. The lowest BCUT2D eigenvalue weighted by atomic mass is 10.00. The lowest BCUT2D eigenvalue weighted by molar-refractivity contribution is 0.0971. The van der Waals surface area contributed by atoms with E-state index in [4.69, 9.17) is 26.4 Å². The fourth-order valence-electron chi connectivity index (χ4n) is 2.67. The second kappa shape index (κ2) is 8.19. The molecule has 1 aromatic rings. The Morgan fingerprint density at radius 1 is 1.12 bits per heavy atom. The van der Waals surface area contributed by atoms with E-state index in [9.17, 15) is 4.79 Å². The van der Waals surface area contributed by atoms with Crippen LogP contribution in [0.5, 0.6) is 17.2 Å². The monoisotopic (exact) mass is 352 g/mol. The molecule has 0 atom stereocenters. The number of methoxy groups -OCH3 is 3. The zero-order valence-corrected chi connectivity index (χ0v) is 15.4. The van der Waals surface area contributed by atoms with Crippen molar-refractivity contribution >= 4 is 23.2 Å². The highest BCUT2D eigenvalue weighted by Gasteiger charge is 2.21. The van der Waals surface area contributed by atoms with Gasteiger partial charge in [0.25, 0.3) is 5.91 Å². The summed E-state index contributed by atoms with van der Waals surface area (Å²) in [6.07, 6.45) is 2.17. The molecule has 0 saturated carbocycles. The third-order valence-electron chi connectivity index (χ3n) is 4.22. The number of benzene rings is 1. The summed E-state index contributed by atoms with van der Waals surface area (Å²) in [6, 6.07) is 3.22. The molecule has 132 valence electrons. The Bertz CT molecular complexity index is 588. The van der Waals surface area contributed by atoms with Gasteiger partial charge < -0.3 is 19.1 Å². The molecule has 1 heterocycles. The smallest absolute Gasteiger partial charge is 0.257 e. The molecular formula is C17H24N2O4S. The van der Waals surface area contributed by atoms with Crippen LogP contribution in [-0.2, 0) is 0 Å². The quantitative estimate of drug-likeness (QED) is 0.840. The molecule has 1 aliphatic heterocycles. The van der Waals surface area contributed by atoms with Gasteiger partial charge >= 0.3 is 0 Å². The number of amides is 1. The molecule has 1 aliphatic rings. The first-order valence-corrected chi connectivity index (χ1v) is 8.31. The van der Waals surface area contributed by atoms with E-state index in [2.05, 4.69) is 12.2 Å². The van der Waals surface area contributed by atoms with Gasteiger partial charge in [-0.3, -0.25) is 10.1 Å². The SMILES string of the molecule is COc1cc(C(=O)NC(=S)N2CCC(C)CC2)cc(OC)c1OC. The molecule has 7 heteroatoms. The molecule has 1 N–H and O–H groups in total. The van der Waals surface area contributed by atoms with E-state index in [0.29, 0.717) is 33.8 Å². The second-order valence-corrected chi connectivity index (χ2v) is 6.23. The number of ether oxygens (including phenoxy) is 3. The molecule has 0 radical (unpaired) electrons. The molecule has 1 aromatic carbocycles. The van der Waals surface area contributed by atoms with Crippen LogP contribution in [0.25, 0.3) is 0 Å². The molecule has 2 rings (SSSR count). The average molecular weight is 352 g/mol. The van der Waals surface area contributed by atoms with Crippen molar-refractivity contribution in [2.75, 3.05) is 34.4 Å². The molecule has 1 saturated heterocycles. The summed E-state index contributed by atoms with van der Waals surface area (Å²) in [7, 11) is 4.55. The Hall–Kier alpha value is -2.02. The van der Waals surface area contributed by atoms with Crippen molar-refractivity contribution in [3.05, 3.63) is 17.7 Å². The van der Waals surface area contributed by atoms with Gasteiger partial charge in [-0.25, -0.2) is 0 Å². The second-order valence-electron chi connectivity index (χ2n) is 5.84. The van der Waals surface area contributed by atoms with Gasteiger partial charge in [0.05, 0.1) is 21.3 Å². The topological polar surface area (TPSA) is 60.0 Å². The van der Waals surface area contributed by atoms with Gasteiger partial charge in [-0.1, -0.05) is 6.92 Å². The van der Waals surface area contributed by atoms with E-state index < -0.39 is 0 Å². The number of likely N-dealkylation sites (tertiary alicyclic amines) is 1. The zero-order valence-electron chi connectivity index (χ0n) is 14.5. The first kappa shape index (κ1) is 18.3. The molecule has 0 unspecified atom stereocenters. The first-order chi connectivity index (χ1) is 11.5.